The van der Waals surface area contributed by atoms with Gasteiger partial charge in [-0.15, -0.1) is 5.54 Å². The lowest BCUT2D eigenvalue weighted by atomic mass is 10.1. The zero-order chi connectivity index (χ0) is 17.0. The highest BCUT2D eigenvalue weighted by Crippen LogP contribution is 2.21. The Hall–Kier alpha value is -2.36. The van der Waals surface area contributed by atoms with Gasteiger partial charge in [-0.05, 0) is 24.3 Å². The molecule has 1 unspecified atom stereocenters. The smallest absolute Gasteiger partial charge is 0.373 e. The summed E-state index contributed by atoms with van der Waals surface area (Å²) in [6, 6.07) is 7.09. The van der Waals surface area contributed by atoms with Crippen LogP contribution in [0.2, 0.25) is 19.6 Å². The number of aromatic nitrogens is 1. The molecule has 6 heteroatoms. The SMILES string of the molecule is COC(Oc1ccc2ncc(C#C[Si](C)(C)C)cc2c1)C(=O)O. The van der Waals surface area contributed by atoms with E-state index in [0.717, 1.165) is 16.5 Å². The van der Waals surface area contributed by atoms with E-state index in [1.165, 1.54) is 7.11 Å². The molecule has 1 heterocycles. The first-order valence-corrected chi connectivity index (χ1v) is 10.6. The summed E-state index contributed by atoms with van der Waals surface area (Å²) in [5.41, 5.74) is 4.92. The molecular formula is C17H19NO4Si. The van der Waals surface area contributed by atoms with Crippen LogP contribution in [0.5, 0.6) is 5.75 Å². The summed E-state index contributed by atoms with van der Waals surface area (Å²) in [5, 5.41) is 9.80. The average molecular weight is 329 g/mol. The van der Waals surface area contributed by atoms with Crippen molar-refractivity contribution >= 4 is 24.9 Å². The van der Waals surface area contributed by atoms with Gasteiger partial charge in [-0.3, -0.25) is 4.98 Å². The van der Waals surface area contributed by atoms with Crippen LogP contribution in [0.1, 0.15) is 5.56 Å². The van der Waals surface area contributed by atoms with Gasteiger partial charge in [0.15, 0.2) is 0 Å². The number of benzene rings is 1. The van der Waals surface area contributed by atoms with Crippen LogP contribution in [-0.2, 0) is 9.53 Å². The van der Waals surface area contributed by atoms with Crippen LogP contribution in [0.3, 0.4) is 0 Å². The molecule has 0 aliphatic rings. The van der Waals surface area contributed by atoms with Crippen LogP contribution in [0.15, 0.2) is 30.5 Å². The maximum absolute atomic E-state index is 11.0. The summed E-state index contributed by atoms with van der Waals surface area (Å²) in [7, 11) is -0.170. The van der Waals surface area contributed by atoms with Crippen molar-refractivity contribution in [2.24, 2.45) is 0 Å². The first-order chi connectivity index (χ1) is 10.8. The Morgan fingerprint density at radius 1 is 1.30 bits per heavy atom. The molecule has 1 aromatic heterocycles. The van der Waals surface area contributed by atoms with Gasteiger partial charge >= 0.3 is 5.97 Å². The van der Waals surface area contributed by atoms with E-state index in [1.807, 2.05) is 6.07 Å². The number of ether oxygens (including phenoxy) is 2. The Labute approximate surface area is 136 Å². The fraction of sp³-hybridized carbons (Fsp3) is 0.294. The number of hydrogen-bond acceptors (Lipinski definition) is 4. The average Bonchev–Trinajstić information content (AvgIpc) is 2.49. The monoisotopic (exact) mass is 329 g/mol. The Morgan fingerprint density at radius 2 is 2.04 bits per heavy atom. The molecule has 1 aromatic carbocycles. The standard InChI is InChI=1S/C17H19NO4Si/c1-21-17(16(19)20)22-14-5-6-15-13(10-14)9-12(11-18-15)7-8-23(2,3)4/h5-6,9-11,17H,1-4H3,(H,19,20). The lowest BCUT2D eigenvalue weighted by molar-refractivity contribution is -0.166. The molecule has 0 aliphatic heterocycles. The molecule has 0 saturated heterocycles. The third-order valence-electron chi connectivity index (χ3n) is 2.89. The van der Waals surface area contributed by atoms with Gasteiger partial charge < -0.3 is 14.6 Å². The van der Waals surface area contributed by atoms with Crippen LogP contribution in [-0.4, -0.2) is 37.5 Å². The maximum atomic E-state index is 11.0. The van der Waals surface area contributed by atoms with Crippen LogP contribution in [0.4, 0.5) is 0 Å². The van der Waals surface area contributed by atoms with E-state index in [2.05, 4.69) is 36.1 Å². The molecule has 5 nitrogen and oxygen atoms in total. The number of carboxylic acid groups (broad SMARTS) is 1. The minimum absolute atomic E-state index is 0.406. The number of carboxylic acids is 1. The Balaban J connectivity index is 2.33. The lowest BCUT2D eigenvalue weighted by Crippen LogP contribution is -2.28. The van der Waals surface area contributed by atoms with Crippen LogP contribution in [0.25, 0.3) is 10.9 Å². The Kier molecular flexibility index (Phi) is 5.04. The van der Waals surface area contributed by atoms with Crippen molar-refractivity contribution in [3.8, 4) is 17.2 Å². The van der Waals surface area contributed by atoms with Crippen LogP contribution < -0.4 is 4.74 Å². The topological polar surface area (TPSA) is 68.7 Å². The summed E-state index contributed by atoms with van der Waals surface area (Å²) < 4.78 is 10.1. The minimum atomic E-state index is -1.45. The number of rotatable bonds is 4. The van der Waals surface area contributed by atoms with Crippen molar-refractivity contribution in [2.45, 2.75) is 25.9 Å². The van der Waals surface area contributed by atoms with Gasteiger partial charge in [0.25, 0.3) is 6.29 Å². The highest BCUT2D eigenvalue weighted by molar-refractivity contribution is 6.83. The van der Waals surface area contributed by atoms with Crippen LogP contribution in [0, 0.1) is 11.5 Å². The molecule has 2 rings (SSSR count). The van der Waals surface area contributed by atoms with Crippen molar-refractivity contribution in [2.75, 3.05) is 7.11 Å². The normalized spacial score (nSPS) is 12.3. The number of fused-ring (bicyclic) bond motifs is 1. The predicted molar refractivity (Wildman–Crippen MR) is 91.0 cm³/mol. The van der Waals surface area contributed by atoms with Gasteiger partial charge in [0.05, 0.1) is 5.52 Å². The largest absolute Gasteiger partial charge is 0.477 e. The molecule has 1 atom stereocenters. The third-order valence-corrected chi connectivity index (χ3v) is 3.77. The fourth-order valence-electron chi connectivity index (χ4n) is 1.83. The van der Waals surface area contributed by atoms with E-state index in [0.29, 0.717) is 5.75 Å². The van der Waals surface area contributed by atoms with Gasteiger partial charge in [-0.1, -0.05) is 25.6 Å². The van der Waals surface area contributed by atoms with Crippen molar-refractivity contribution < 1.29 is 19.4 Å². The molecule has 2 aromatic rings. The summed E-state index contributed by atoms with van der Waals surface area (Å²) in [6.07, 6.45) is 0.404. The zero-order valence-corrected chi connectivity index (χ0v) is 14.6. The highest BCUT2D eigenvalue weighted by Gasteiger charge is 2.18. The molecule has 0 radical (unpaired) electrons. The van der Waals surface area contributed by atoms with Gasteiger partial charge in [-0.2, -0.15) is 0 Å². The van der Waals surface area contributed by atoms with Crippen molar-refractivity contribution in [3.63, 3.8) is 0 Å². The van der Waals surface area contributed by atoms with Crippen LogP contribution >= 0.6 is 0 Å². The molecule has 0 bridgehead atoms. The number of nitrogens with zero attached hydrogens (tertiary/aromatic N) is 1. The van der Waals surface area contributed by atoms with E-state index in [9.17, 15) is 4.79 Å². The maximum Gasteiger partial charge on any atom is 0.373 e. The Morgan fingerprint density at radius 3 is 2.65 bits per heavy atom. The fourth-order valence-corrected chi connectivity index (χ4v) is 2.35. The summed E-state index contributed by atoms with van der Waals surface area (Å²) >= 11 is 0. The molecule has 0 saturated carbocycles. The highest BCUT2D eigenvalue weighted by atomic mass is 28.3. The second-order valence-electron chi connectivity index (χ2n) is 6.10. The molecule has 0 aliphatic carbocycles. The van der Waals surface area contributed by atoms with E-state index in [-0.39, 0.29) is 0 Å². The number of pyridine rings is 1. The molecule has 1 N–H and O–H groups in total. The molecule has 0 spiro atoms. The molecule has 23 heavy (non-hydrogen) atoms. The second-order valence-corrected chi connectivity index (χ2v) is 10.9. The first-order valence-electron chi connectivity index (χ1n) is 7.14. The first kappa shape index (κ1) is 17.0. The third kappa shape index (κ3) is 4.81. The van der Waals surface area contributed by atoms with Gasteiger partial charge in [-0.25, -0.2) is 4.79 Å². The number of hydrogen-bond donors (Lipinski definition) is 1. The van der Waals surface area contributed by atoms with E-state index in [4.69, 9.17) is 14.6 Å². The van der Waals surface area contributed by atoms with Gasteiger partial charge in [0, 0.05) is 24.3 Å². The summed E-state index contributed by atoms with van der Waals surface area (Å²) in [6.45, 7) is 6.53. The summed E-state index contributed by atoms with van der Waals surface area (Å²) in [4.78, 5) is 15.3. The summed E-state index contributed by atoms with van der Waals surface area (Å²) in [5.74, 6) is 2.38. The van der Waals surface area contributed by atoms with E-state index >= 15 is 0 Å². The lowest BCUT2D eigenvalue weighted by Gasteiger charge is -2.13. The predicted octanol–water partition coefficient (Wildman–Crippen LogP) is 2.90. The minimum Gasteiger partial charge on any atom is -0.477 e. The molecule has 0 fully saturated rings. The molecular weight excluding hydrogens is 310 g/mol. The number of methoxy groups -OCH3 is 1. The van der Waals surface area contributed by atoms with Crippen molar-refractivity contribution in [3.05, 3.63) is 36.0 Å². The quantitative estimate of drug-likeness (QED) is 0.531. The van der Waals surface area contributed by atoms with Crippen molar-refractivity contribution in [1.29, 1.82) is 0 Å². The van der Waals surface area contributed by atoms with Crippen molar-refractivity contribution in [1.82, 2.24) is 4.98 Å². The zero-order valence-electron chi connectivity index (χ0n) is 13.6. The number of aliphatic carboxylic acids is 1. The van der Waals surface area contributed by atoms with E-state index in [1.54, 1.807) is 24.4 Å². The van der Waals surface area contributed by atoms with Gasteiger partial charge in [0.1, 0.15) is 13.8 Å². The van der Waals surface area contributed by atoms with E-state index < -0.39 is 20.3 Å². The molecule has 0 amide bonds. The second kappa shape index (κ2) is 6.81. The number of carbonyl (C=O) groups is 1. The van der Waals surface area contributed by atoms with Gasteiger partial charge in [0.2, 0.25) is 0 Å². The molecule has 120 valence electrons. The Bertz CT molecular complexity index is 787.